The molecule has 3 aromatic rings. The third kappa shape index (κ3) is 5.35. The van der Waals surface area contributed by atoms with E-state index in [0.29, 0.717) is 11.5 Å². The van der Waals surface area contributed by atoms with Crippen molar-refractivity contribution in [2.45, 2.75) is 33.1 Å². The van der Waals surface area contributed by atoms with Gasteiger partial charge < -0.3 is 9.64 Å². The van der Waals surface area contributed by atoms with Crippen molar-refractivity contribution in [3.63, 3.8) is 0 Å². The number of aromatic nitrogens is 2. The Morgan fingerprint density at radius 2 is 1.91 bits per heavy atom. The first-order chi connectivity index (χ1) is 17.1. The van der Waals surface area contributed by atoms with E-state index < -0.39 is 0 Å². The van der Waals surface area contributed by atoms with Gasteiger partial charge in [-0.15, -0.1) is 0 Å². The highest BCUT2D eigenvalue weighted by atomic mass is 32.2. The lowest BCUT2D eigenvalue weighted by molar-refractivity contribution is -0.113. The van der Waals surface area contributed by atoms with Gasteiger partial charge in [0.25, 0.3) is 5.91 Å². The van der Waals surface area contributed by atoms with E-state index in [1.807, 2.05) is 71.6 Å². The number of hydrogen-bond acceptors (Lipinski definition) is 5. The van der Waals surface area contributed by atoms with Gasteiger partial charge in [-0.05, 0) is 67.3 Å². The van der Waals surface area contributed by atoms with Gasteiger partial charge in [-0.1, -0.05) is 44.2 Å². The largest absolute Gasteiger partial charge is 0.494 e. The highest BCUT2D eigenvalue weighted by molar-refractivity contribution is 8.18. The first kappa shape index (κ1) is 23.4. The SMILES string of the molecule is CCCOc1cccc(-c2nn(-c3ccccc3)cc2/C=C2\SC(N3CCC(C)CC3)=NC2=O)c1. The molecule has 0 N–H and O–H groups in total. The molecular weight excluding hydrogens is 456 g/mol. The Morgan fingerprint density at radius 1 is 1.11 bits per heavy atom. The summed E-state index contributed by atoms with van der Waals surface area (Å²) in [6.45, 7) is 6.95. The molecule has 0 saturated carbocycles. The van der Waals surface area contributed by atoms with Crippen LogP contribution >= 0.6 is 11.8 Å². The second kappa shape index (κ2) is 10.5. The molecule has 0 spiro atoms. The van der Waals surface area contributed by atoms with Crippen molar-refractivity contribution >= 4 is 28.9 Å². The molecule has 0 aliphatic carbocycles. The maximum absolute atomic E-state index is 12.8. The Balaban J connectivity index is 1.48. The molecule has 0 unspecified atom stereocenters. The lowest BCUT2D eigenvalue weighted by Gasteiger charge is -2.30. The summed E-state index contributed by atoms with van der Waals surface area (Å²) < 4.78 is 7.72. The number of likely N-dealkylation sites (tertiary alicyclic amines) is 1. The molecular formula is C28H30N4O2S. The average Bonchev–Trinajstić information content (AvgIpc) is 3.48. The number of carbonyl (C=O) groups is 1. The molecule has 2 aromatic carbocycles. The van der Waals surface area contributed by atoms with Crippen LogP contribution in [-0.2, 0) is 4.79 Å². The predicted octanol–water partition coefficient (Wildman–Crippen LogP) is 6.03. The number of ether oxygens (including phenoxy) is 1. The molecule has 1 aromatic heterocycles. The molecule has 2 aliphatic heterocycles. The lowest BCUT2D eigenvalue weighted by Crippen LogP contribution is -2.35. The molecule has 7 heteroatoms. The summed E-state index contributed by atoms with van der Waals surface area (Å²) >= 11 is 1.47. The van der Waals surface area contributed by atoms with Crippen LogP contribution in [0.3, 0.4) is 0 Å². The second-order valence-electron chi connectivity index (χ2n) is 9.07. The van der Waals surface area contributed by atoms with Crippen molar-refractivity contribution < 1.29 is 9.53 Å². The Labute approximate surface area is 210 Å². The summed E-state index contributed by atoms with van der Waals surface area (Å²) in [5, 5.41) is 5.72. The van der Waals surface area contributed by atoms with Crippen molar-refractivity contribution in [3.8, 4) is 22.7 Å². The van der Waals surface area contributed by atoms with Crippen LogP contribution in [0, 0.1) is 5.92 Å². The summed E-state index contributed by atoms with van der Waals surface area (Å²) in [4.78, 5) is 20.1. The Morgan fingerprint density at radius 3 is 2.69 bits per heavy atom. The second-order valence-corrected chi connectivity index (χ2v) is 10.1. The van der Waals surface area contributed by atoms with E-state index in [9.17, 15) is 4.79 Å². The molecule has 1 saturated heterocycles. The van der Waals surface area contributed by atoms with Gasteiger partial charge in [0, 0.05) is 30.4 Å². The van der Waals surface area contributed by atoms with Crippen LogP contribution in [0.1, 0.15) is 38.7 Å². The van der Waals surface area contributed by atoms with Crippen molar-refractivity contribution in [3.05, 3.63) is 71.3 Å². The Bertz CT molecular complexity index is 1260. The zero-order valence-electron chi connectivity index (χ0n) is 20.2. The molecule has 1 amide bonds. The molecule has 2 aliphatic rings. The quantitative estimate of drug-likeness (QED) is 0.398. The van der Waals surface area contributed by atoms with E-state index in [0.717, 1.165) is 71.7 Å². The highest BCUT2D eigenvalue weighted by Gasteiger charge is 2.28. The van der Waals surface area contributed by atoms with Gasteiger partial charge >= 0.3 is 0 Å². The van der Waals surface area contributed by atoms with Gasteiger partial charge in [-0.25, -0.2) is 4.68 Å². The van der Waals surface area contributed by atoms with Gasteiger partial charge in [-0.2, -0.15) is 10.1 Å². The number of para-hydroxylation sites is 1. The number of nitrogens with zero attached hydrogens (tertiary/aromatic N) is 4. The van der Waals surface area contributed by atoms with E-state index in [2.05, 4.69) is 23.7 Å². The zero-order valence-corrected chi connectivity index (χ0v) is 21.0. The van der Waals surface area contributed by atoms with E-state index in [1.54, 1.807) is 0 Å². The third-order valence-corrected chi connectivity index (χ3v) is 7.34. The van der Waals surface area contributed by atoms with Gasteiger partial charge in [-0.3, -0.25) is 4.79 Å². The molecule has 0 radical (unpaired) electrons. The van der Waals surface area contributed by atoms with Crippen LogP contribution in [0.15, 0.2) is 70.7 Å². The number of amidine groups is 1. The Kier molecular flexibility index (Phi) is 7.04. The first-order valence-electron chi connectivity index (χ1n) is 12.3. The van der Waals surface area contributed by atoms with Crippen LogP contribution in [0.5, 0.6) is 5.75 Å². The van der Waals surface area contributed by atoms with Crippen molar-refractivity contribution in [1.29, 1.82) is 0 Å². The number of carbonyl (C=O) groups excluding carboxylic acids is 1. The average molecular weight is 487 g/mol. The summed E-state index contributed by atoms with van der Waals surface area (Å²) in [5.41, 5.74) is 3.58. The third-order valence-electron chi connectivity index (χ3n) is 6.29. The molecule has 0 atom stereocenters. The number of thioether (sulfide) groups is 1. The van der Waals surface area contributed by atoms with Gasteiger partial charge in [0.1, 0.15) is 11.4 Å². The molecule has 180 valence electrons. The smallest absolute Gasteiger partial charge is 0.286 e. The minimum absolute atomic E-state index is 0.179. The molecule has 0 bridgehead atoms. The standard InChI is InChI=1S/C28H30N4O2S/c1-3-16-34-24-11-7-8-21(17-24)26-22(19-32(30-26)23-9-5-4-6-10-23)18-25-27(33)29-28(35-25)31-14-12-20(2)13-15-31/h4-11,17-20H,3,12-16H2,1-2H3/b25-18-. The number of piperidine rings is 1. The fourth-order valence-corrected chi connectivity index (χ4v) is 5.21. The normalized spacial score (nSPS) is 17.8. The summed E-state index contributed by atoms with van der Waals surface area (Å²) in [7, 11) is 0. The molecule has 3 heterocycles. The topological polar surface area (TPSA) is 59.7 Å². The maximum atomic E-state index is 12.8. The van der Waals surface area contributed by atoms with Gasteiger partial charge in [0.15, 0.2) is 5.17 Å². The number of hydrogen-bond donors (Lipinski definition) is 0. The van der Waals surface area contributed by atoms with E-state index in [-0.39, 0.29) is 5.91 Å². The number of rotatable bonds is 6. The highest BCUT2D eigenvalue weighted by Crippen LogP contribution is 2.35. The minimum atomic E-state index is -0.179. The molecule has 35 heavy (non-hydrogen) atoms. The van der Waals surface area contributed by atoms with Crippen molar-refractivity contribution in [2.24, 2.45) is 10.9 Å². The maximum Gasteiger partial charge on any atom is 0.286 e. The summed E-state index contributed by atoms with van der Waals surface area (Å²) in [5.74, 6) is 1.36. The zero-order chi connectivity index (χ0) is 24.2. The lowest BCUT2D eigenvalue weighted by atomic mass is 10.00. The summed E-state index contributed by atoms with van der Waals surface area (Å²) in [6, 6.07) is 18.0. The summed E-state index contributed by atoms with van der Waals surface area (Å²) in [6.07, 6.45) is 7.12. The van der Waals surface area contributed by atoms with E-state index >= 15 is 0 Å². The molecule has 6 nitrogen and oxygen atoms in total. The van der Waals surface area contributed by atoms with Gasteiger partial charge in [0.05, 0.1) is 17.2 Å². The Hall–Kier alpha value is -3.32. The monoisotopic (exact) mass is 486 g/mol. The van der Waals surface area contributed by atoms with Crippen molar-refractivity contribution in [2.75, 3.05) is 19.7 Å². The number of aliphatic imine (C=N–C) groups is 1. The van der Waals surface area contributed by atoms with Crippen LogP contribution in [0.4, 0.5) is 0 Å². The fourth-order valence-electron chi connectivity index (χ4n) is 4.26. The van der Waals surface area contributed by atoms with Crippen LogP contribution in [0.25, 0.3) is 23.0 Å². The van der Waals surface area contributed by atoms with E-state index in [4.69, 9.17) is 9.84 Å². The fraction of sp³-hybridized carbons (Fsp3) is 0.321. The predicted molar refractivity (Wildman–Crippen MR) is 143 cm³/mol. The van der Waals surface area contributed by atoms with Crippen LogP contribution in [-0.4, -0.2) is 45.5 Å². The minimum Gasteiger partial charge on any atom is -0.494 e. The number of amides is 1. The van der Waals surface area contributed by atoms with Crippen LogP contribution in [0.2, 0.25) is 0 Å². The molecule has 5 rings (SSSR count). The van der Waals surface area contributed by atoms with Crippen molar-refractivity contribution in [1.82, 2.24) is 14.7 Å². The van der Waals surface area contributed by atoms with E-state index in [1.165, 1.54) is 11.8 Å². The first-order valence-corrected chi connectivity index (χ1v) is 13.1. The number of benzene rings is 2. The molecule has 1 fully saturated rings. The van der Waals surface area contributed by atoms with Crippen LogP contribution < -0.4 is 4.74 Å². The van der Waals surface area contributed by atoms with Gasteiger partial charge in [0.2, 0.25) is 0 Å².